The van der Waals surface area contributed by atoms with E-state index in [9.17, 15) is 9.59 Å². The Bertz CT molecular complexity index is 927. The Morgan fingerprint density at radius 2 is 1.93 bits per heavy atom. The minimum absolute atomic E-state index is 0.190. The molecule has 1 aromatic heterocycles. The van der Waals surface area contributed by atoms with Crippen LogP contribution in [0.15, 0.2) is 29.5 Å². The lowest BCUT2D eigenvalue weighted by atomic mass is 10.0. The zero-order chi connectivity index (χ0) is 21.2. The second-order valence-electron chi connectivity index (χ2n) is 7.90. The molecule has 2 amide bonds. The first-order valence-electron chi connectivity index (χ1n) is 9.57. The van der Waals surface area contributed by atoms with Gasteiger partial charge in [-0.1, -0.05) is 36.4 Å². The van der Waals surface area contributed by atoms with Crippen molar-refractivity contribution >= 4 is 12.0 Å². The average molecular weight is 398 g/mol. The third kappa shape index (κ3) is 4.44. The largest absolute Gasteiger partial charge is 0.444 e. The van der Waals surface area contributed by atoms with E-state index in [-0.39, 0.29) is 6.54 Å². The highest BCUT2D eigenvalue weighted by atomic mass is 16.6. The number of rotatable bonds is 4. The molecule has 0 atom stereocenters. The number of carbonyl (C=O) groups is 2. The number of nitrogens with one attached hydrogen (secondary N) is 2. The van der Waals surface area contributed by atoms with Crippen molar-refractivity contribution in [2.45, 2.75) is 52.8 Å². The van der Waals surface area contributed by atoms with Gasteiger partial charge >= 0.3 is 6.09 Å². The molecule has 0 unspecified atom stereocenters. The molecule has 3 rings (SSSR count). The minimum atomic E-state index is -0.606. The summed E-state index contributed by atoms with van der Waals surface area (Å²) in [5.74, 6) is -0.526. The van der Waals surface area contributed by atoms with Crippen LogP contribution in [0.25, 0.3) is 11.3 Å². The number of carbonyl (C=O) groups excluding carboxylic acids is 2. The predicted molar refractivity (Wildman–Crippen MR) is 106 cm³/mol. The fourth-order valence-corrected chi connectivity index (χ4v) is 3.25. The second-order valence-corrected chi connectivity index (χ2v) is 7.90. The predicted octanol–water partition coefficient (Wildman–Crippen LogP) is 3.54. The van der Waals surface area contributed by atoms with Crippen LogP contribution in [0, 0.1) is 5.53 Å². The summed E-state index contributed by atoms with van der Waals surface area (Å²) in [6.45, 7) is 8.57. The Morgan fingerprint density at radius 1 is 1.24 bits per heavy atom. The van der Waals surface area contributed by atoms with E-state index >= 15 is 0 Å². The molecular weight excluding hydrogens is 372 g/mol. The molecule has 29 heavy (non-hydrogen) atoms. The van der Waals surface area contributed by atoms with Gasteiger partial charge in [-0.2, -0.15) is 10.6 Å². The van der Waals surface area contributed by atoms with Crippen molar-refractivity contribution in [3.8, 4) is 11.3 Å². The lowest BCUT2D eigenvalue weighted by molar-refractivity contribution is 0.0193. The smallest absolute Gasteiger partial charge is 0.410 e. The molecule has 0 fully saturated rings. The number of ether oxygens (including phenoxy) is 1. The highest BCUT2D eigenvalue weighted by molar-refractivity contribution is 6.01. The van der Waals surface area contributed by atoms with E-state index in [4.69, 9.17) is 10.3 Å². The van der Waals surface area contributed by atoms with Gasteiger partial charge in [-0.3, -0.25) is 9.48 Å². The van der Waals surface area contributed by atoms with Gasteiger partial charge in [0.1, 0.15) is 11.3 Å². The molecule has 2 aromatic rings. The lowest BCUT2D eigenvalue weighted by Crippen LogP contribution is -2.42. The SMILES string of the molecule is CCc1ccc(-c2nn3c(c2C(=O)NN=N)CN(C(=O)OC(C)(C)C)CC3)cc1. The Kier molecular flexibility index (Phi) is 5.67. The van der Waals surface area contributed by atoms with E-state index < -0.39 is 17.6 Å². The van der Waals surface area contributed by atoms with Crippen LogP contribution in [0.4, 0.5) is 4.79 Å². The molecule has 1 aromatic carbocycles. The van der Waals surface area contributed by atoms with E-state index in [1.807, 2.05) is 45.0 Å². The normalized spacial score (nSPS) is 13.6. The van der Waals surface area contributed by atoms with E-state index in [2.05, 4.69) is 22.7 Å². The Morgan fingerprint density at radius 3 is 2.52 bits per heavy atom. The van der Waals surface area contributed by atoms with Crippen molar-refractivity contribution in [2.75, 3.05) is 6.54 Å². The van der Waals surface area contributed by atoms with Crippen LogP contribution < -0.4 is 5.43 Å². The van der Waals surface area contributed by atoms with Crippen LogP contribution in [0.3, 0.4) is 0 Å². The summed E-state index contributed by atoms with van der Waals surface area (Å²) in [5, 5.41) is 7.64. The third-order valence-electron chi connectivity index (χ3n) is 4.65. The van der Waals surface area contributed by atoms with Gasteiger partial charge in [-0.05, 0) is 32.8 Å². The fourth-order valence-electron chi connectivity index (χ4n) is 3.25. The summed E-state index contributed by atoms with van der Waals surface area (Å²) >= 11 is 0. The first kappa shape index (κ1) is 20.5. The Hall–Kier alpha value is -3.23. The van der Waals surface area contributed by atoms with Gasteiger partial charge in [0.05, 0.1) is 24.3 Å². The molecule has 0 bridgehead atoms. The molecule has 2 N–H and O–H groups in total. The highest BCUT2D eigenvalue weighted by Gasteiger charge is 2.32. The maximum Gasteiger partial charge on any atom is 0.410 e. The Balaban J connectivity index is 1.99. The van der Waals surface area contributed by atoms with Crippen LogP contribution in [0.2, 0.25) is 0 Å². The molecule has 1 aliphatic rings. The van der Waals surface area contributed by atoms with Gasteiger partial charge in [-0.15, -0.1) is 0 Å². The third-order valence-corrected chi connectivity index (χ3v) is 4.65. The van der Waals surface area contributed by atoms with Gasteiger partial charge in [0.2, 0.25) is 0 Å². The molecule has 0 aliphatic carbocycles. The van der Waals surface area contributed by atoms with Crippen molar-refractivity contribution < 1.29 is 14.3 Å². The van der Waals surface area contributed by atoms with Crippen LogP contribution in [-0.2, 0) is 24.2 Å². The summed E-state index contributed by atoms with van der Waals surface area (Å²) in [4.78, 5) is 26.7. The number of aromatic nitrogens is 2. The molecule has 1 aliphatic heterocycles. The monoisotopic (exact) mass is 398 g/mol. The second kappa shape index (κ2) is 8.02. The van der Waals surface area contributed by atoms with Gasteiger partial charge in [-0.25, -0.2) is 10.2 Å². The maximum absolute atomic E-state index is 12.7. The van der Waals surface area contributed by atoms with Crippen molar-refractivity contribution in [1.82, 2.24) is 20.1 Å². The molecular formula is C20H26N6O3. The van der Waals surface area contributed by atoms with E-state index in [0.717, 1.165) is 12.0 Å². The zero-order valence-corrected chi connectivity index (χ0v) is 17.2. The number of nitrogens with zero attached hydrogens (tertiary/aromatic N) is 4. The van der Waals surface area contributed by atoms with E-state index in [0.29, 0.717) is 30.0 Å². The van der Waals surface area contributed by atoms with Crippen molar-refractivity contribution in [3.05, 3.63) is 41.1 Å². The zero-order valence-electron chi connectivity index (χ0n) is 17.2. The number of hydrogen-bond acceptors (Lipinski definition) is 6. The average Bonchev–Trinajstić information content (AvgIpc) is 3.05. The van der Waals surface area contributed by atoms with Crippen LogP contribution in [-0.4, -0.2) is 38.8 Å². The molecule has 0 radical (unpaired) electrons. The number of fused-ring (bicyclic) bond motifs is 1. The highest BCUT2D eigenvalue weighted by Crippen LogP contribution is 2.29. The molecule has 0 saturated heterocycles. The first-order chi connectivity index (χ1) is 13.7. The van der Waals surface area contributed by atoms with E-state index in [1.54, 1.807) is 9.58 Å². The quantitative estimate of drug-likeness (QED) is 0.606. The van der Waals surface area contributed by atoms with Crippen molar-refractivity contribution in [1.29, 1.82) is 5.53 Å². The molecule has 9 heteroatoms. The molecule has 0 spiro atoms. The number of amides is 2. The van der Waals surface area contributed by atoms with Crippen LogP contribution >= 0.6 is 0 Å². The summed E-state index contributed by atoms with van der Waals surface area (Å²) in [5.41, 5.74) is 12.0. The standard InChI is InChI=1S/C20H26N6O3/c1-5-13-6-8-14(9-7-13)17-16(18(27)22-24-21)15-12-25(10-11-26(15)23-17)19(28)29-20(2,3)4/h6-9H,5,10-12H2,1-4H3,(H2,21,22,27). The van der Waals surface area contributed by atoms with Crippen molar-refractivity contribution in [3.63, 3.8) is 0 Å². The minimum Gasteiger partial charge on any atom is -0.444 e. The first-order valence-corrected chi connectivity index (χ1v) is 9.57. The van der Waals surface area contributed by atoms with Crippen LogP contribution in [0.1, 0.15) is 49.3 Å². The summed E-state index contributed by atoms with van der Waals surface area (Å²) in [6.07, 6.45) is 0.478. The van der Waals surface area contributed by atoms with Gasteiger partial charge in [0, 0.05) is 12.1 Å². The maximum atomic E-state index is 12.7. The van der Waals surface area contributed by atoms with Crippen molar-refractivity contribution in [2.24, 2.45) is 5.22 Å². The molecule has 9 nitrogen and oxygen atoms in total. The Labute approximate surface area is 169 Å². The number of benzene rings is 1. The topological polar surface area (TPSA) is 113 Å². The van der Waals surface area contributed by atoms with Gasteiger partial charge < -0.3 is 9.64 Å². The summed E-state index contributed by atoms with van der Waals surface area (Å²) < 4.78 is 7.20. The van der Waals surface area contributed by atoms with Crippen LogP contribution in [0.5, 0.6) is 0 Å². The summed E-state index contributed by atoms with van der Waals surface area (Å²) in [6, 6.07) is 7.84. The van der Waals surface area contributed by atoms with Gasteiger partial charge in [0.25, 0.3) is 5.91 Å². The summed E-state index contributed by atoms with van der Waals surface area (Å²) in [7, 11) is 0. The van der Waals surface area contributed by atoms with Gasteiger partial charge in [0.15, 0.2) is 0 Å². The number of aryl methyl sites for hydroxylation is 1. The molecule has 2 heterocycles. The lowest BCUT2D eigenvalue weighted by Gasteiger charge is -2.30. The molecule has 0 saturated carbocycles. The van der Waals surface area contributed by atoms with E-state index in [1.165, 1.54) is 5.56 Å². The fraction of sp³-hybridized carbons (Fsp3) is 0.450. The molecule has 154 valence electrons. The number of hydrogen-bond donors (Lipinski definition) is 2.